The molecule has 4 rings (SSSR count). The van der Waals surface area contributed by atoms with Crippen LogP contribution in [-0.4, -0.2) is 60.6 Å². The van der Waals surface area contributed by atoms with Gasteiger partial charge in [-0.2, -0.15) is 0 Å². The van der Waals surface area contributed by atoms with Crippen LogP contribution in [0.2, 0.25) is 0 Å². The Morgan fingerprint density at radius 2 is 1.65 bits per heavy atom. The molecule has 0 radical (unpaired) electrons. The van der Waals surface area contributed by atoms with E-state index in [1.807, 2.05) is 38.1 Å². The Morgan fingerprint density at radius 3 is 2.38 bits per heavy atom. The molecule has 3 atom stereocenters. The van der Waals surface area contributed by atoms with Gasteiger partial charge in [0.15, 0.2) is 0 Å². The minimum absolute atomic E-state index is 0.152. The van der Waals surface area contributed by atoms with E-state index in [4.69, 9.17) is 4.74 Å². The maximum Gasteiger partial charge on any atom is 0.243 e. The molecule has 0 spiro atoms. The number of nitrogens with one attached hydrogen (secondary N) is 4. The number of para-hydroxylation sites is 1. The molecular weight excluding hydrogens is 508 g/mol. The highest BCUT2D eigenvalue weighted by Gasteiger charge is 2.34. The van der Waals surface area contributed by atoms with Crippen molar-refractivity contribution in [2.75, 3.05) is 19.7 Å². The molecule has 1 heterocycles. The summed E-state index contributed by atoms with van der Waals surface area (Å²) in [5.41, 5.74) is 1.92. The summed E-state index contributed by atoms with van der Waals surface area (Å²) in [7, 11) is 0. The Bertz CT molecular complexity index is 1150. The van der Waals surface area contributed by atoms with Crippen LogP contribution in [0.1, 0.15) is 50.7 Å². The molecule has 1 fully saturated rings. The SMILES string of the molecule is CC(C)[C@H]1NC(=O)[C@@H](Cc2ccc(O)cc2)NCCOc2ccccc2CCCNC(=O)[C@H](CC2CC2)NC1=O. The van der Waals surface area contributed by atoms with E-state index in [9.17, 15) is 19.5 Å². The third-order valence-electron chi connectivity index (χ3n) is 7.48. The first-order valence-corrected chi connectivity index (χ1v) is 14.4. The van der Waals surface area contributed by atoms with E-state index in [0.29, 0.717) is 38.5 Å². The predicted octanol–water partition coefficient (Wildman–Crippen LogP) is 2.46. The highest BCUT2D eigenvalue weighted by atomic mass is 16.5. The lowest BCUT2D eigenvalue weighted by atomic mass is 10.00. The van der Waals surface area contributed by atoms with Gasteiger partial charge >= 0.3 is 0 Å². The molecule has 2 aromatic carbocycles. The Hall–Kier alpha value is -3.59. The van der Waals surface area contributed by atoms with E-state index in [2.05, 4.69) is 21.3 Å². The lowest BCUT2D eigenvalue weighted by Crippen LogP contribution is -2.58. The van der Waals surface area contributed by atoms with Crippen LogP contribution >= 0.6 is 0 Å². The van der Waals surface area contributed by atoms with Crippen molar-refractivity contribution in [3.05, 3.63) is 59.7 Å². The van der Waals surface area contributed by atoms with Crippen LogP contribution in [0.25, 0.3) is 0 Å². The second-order valence-electron chi connectivity index (χ2n) is 11.2. The van der Waals surface area contributed by atoms with Crippen molar-refractivity contribution in [3.63, 3.8) is 0 Å². The molecule has 2 aromatic rings. The van der Waals surface area contributed by atoms with Gasteiger partial charge in [-0.05, 0) is 66.8 Å². The largest absolute Gasteiger partial charge is 0.508 e. The van der Waals surface area contributed by atoms with Gasteiger partial charge in [-0.1, -0.05) is 57.0 Å². The number of fused-ring (bicyclic) bond motifs is 1. The van der Waals surface area contributed by atoms with E-state index < -0.39 is 18.1 Å². The van der Waals surface area contributed by atoms with Crippen molar-refractivity contribution in [3.8, 4) is 11.5 Å². The summed E-state index contributed by atoms with van der Waals surface area (Å²) in [4.78, 5) is 40.1. The van der Waals surface area contributed by atoms with Crippen LogP contribution in [0.5, 0.6) is 11.5 Å². The van der Waals surface area contributed by atoms with Gasteiger partial charge in [0, 0.05) is 13.1 Å². The summed E-state index contributed by atoms with van der Waals surface area (Å²) in [6.45, 7) is 5.02. The van der Waals surface area contributed by atoms with E-state index in [0.717, 1.165) is 42.6 Å². The molecule has 0 saturated heterocycles. The number of phenolic OH excluding ortho intramolecular Hbond substituents is 1. The average molecular weight is 551 g/mol. The van der Waals surface area contributed by atoms with Gasteiger partial charge in [0.1, 0.15) is 30.2 Å². The second kappa shape index (κ2) is 14.2. The van der Waals surface area contributed by atoms with E-state index in [1.165, 1.54) is 0 Å². The maximum absolute atomic E-state index is 13.5. The Balaban J connectivity index is 1.55. The van der Waals surface area contributed by atoms with Crippen LogP contribution in [0.3, 0.4) is 0 Å². The minimum atomic E-state index is -0.798. The molecule has 1 aliphatic heterocycles. The van der Waals surface area contributed by atoms with Crippen LogP contribution in [0.4, 0.5) is 0 Å². The zero-order valence-electron chi connectivity index (χ0n) is 23.4. The van der Waals surface area contributed by atoms with Gasteiger partial charge in [0.05, 0.1) is 6.04 Å². The Morgan fingerprint density at radius 1 is 0.900 bits per heavy atom. The number of aromatic hydroxyl groups is 1. The summed E-state index contributed by atoms with van der Waals surface area (Å²) in [6.07, 6.45) is 4.56. The molecule has 1 saturated carbocycles. The van der Waals surface area contributed by atoms with Crippen LogP contribution in [-0.2, 0) is 27.2 Å². The fourth-order valence-electron chi connectivity index (χ4n) is 4.95. The fourth-order valence-corrected chi connectivity index (χ4v) is 4.95. The molecule has 0 unspecified atom stereocenters. The van der Waals surface area contributed by atoms with Gasteiger partial charge in [0.25, 0.3) is 0 Å². The number of hydrogen-bond acceptors (Lipinski definition) is 6. The Kier molecular flexibility index (Phi) is 10.4. The maximum atomic E-state index is 13.5. The molecule has 0 aromatic heterocycles. The molecular formula is C31H42N4O5. The topological polar surface area (TPSA) is 129 Å². The summed E-state index contributed by atoms with van der Waals surface area (Å²) < 4.78 is 6.07. The van der Waals surface area contributed by atoms with Crippen molar-refractivity contribution in [2.24, 2.45) is 11.8 Å². The van der Waals surface area contributed by atoms with Crippen molar-refractivity contribution >= 4 is 17.7 Å². The van der Waals surface area contributed by atoms with Gasteiger partial charge in [-0.3, -0.25) is 14.4 Å². The standard InChI is InChI=1S/C31H42N4O5/c1-20(2)28-31(39)34-26(19-21-9-10-21)29(37)33-15-5-7-23-6-3-4-8-27(23)40-17-16-32-25(30(38)35-28)18-22-11-13-24(36)14-12-22/h3-4,6,8,11-14,20-21,25-26,28,32,36H,5,7,9-10,15-19H2,1-2H3,(H,33,37)(H,34,39)(H,35,38)/t25-,26+,28-/m1/s1. The summed E-state index contributed by atoms with van der Waals surface area (Å²) in [6, 6.07) is 12.5. The second-order valence-corrected chi connectivity index (χ2v) is 11.2. The summed E-state index contributed by atoms with van der Waals surface area (Å²) >= 11 is 0. The number of aryl methyl sites for hydroxylation is 1. The number of carbonyl (C=O) groups is 3. The van der Waals surface area contributed by atoms with Crippen molar-refractivity contribution < 1.29 is 24.2 Å². The number of benzene rings is 2. The quantitative estimate of drug-likeness (QED) is 0.389. The number of phenols is 1. The van der Waals surface area contributed by atoms with Crippen LogP contribution < -0.4 is 26.0 Å². The zero-order valence-corrected chi connectivity index (χ0v) is 23.4. The molecule has 2 aliphatic rings. The summed E-state index contributed by atoms with van der Waals surface area (Å²) in [5, 5.41) is 21.9. The van der Waals surface area contributed by atoms with Gasteiger partial charge in [0.2, 0.25) is 17.7 Å². The number of carbonyl (C=O) groups excluding carboxylic acids is 3. The molecule has 3 amide bonds. The predicted molar refractivity (Wildman–Crippen MR) is 153 cm³/mol. The highest BCUT2D eigenvalue weighted by Crippen LogP contribution is 2.33. The van der Waals surface area contributed by atoms with Gasteiger partial charge in [-0.25, -0.2) is 0 Å². The monoisotopic (exact) mass is 550 g/mol. The number of ether oxygens (including phenoxy) is 1. The van der Waals surface area contributed by atoms with Crippen molar-refractivity contribution in [1.29, 1.82) is 0 Å². The van der Waals surface area contributed by atoms with Crippen molar-refractivity contribution in [2.45, 2.75) is 70.5 Å². The zero-order chi connectivity index (χ0) is 28.5. The Labute approximate surface area is 236 Å². The normalized spacial score (nSPS) is 23.6. The summed E-state index contributed by atoms with van der Waals surface area (Å²) in [5.74, 6) is 0.329. The van der Waals surface area contributed by atoms with Gasteiger partial charge < -0.3 is 31.1 Å². The van der Waals surface area contributed by atoms with Gasteiger partial charge in [-0.15, -0.1) is 0 Å². The highest BCUT2D eigenvalue weighted by molar-refractivity contribution is 5.93. The number of hydrogen-bond donors (Lipinski definition) is 5. The molecule has 216 valence electrons. The number of rotatable bonds is 5. The molecule has 40 heavy (non-hydrogen) atoms. The van der Waals surface area contributed by atoms with Crippen LogP contribution in [0.15, 0.2) is 48.5 Å². The smallest absolute Gasteiger partial charge is 0.243 e. The molecule has 9 nitrogen and oxygen atoms in total. The fraction of sp³-hybridized carbons (Fsp3) is 0.516. The average Bonchev–Trinajstić information content (AvgIpc) is 3.76. The molecule has 5 N–H and O–H groups in total. The molecule has 0 bridgehead atoms. The third-order valence-corrected chi connectivity index (χ3v) is 7.48. The lowest BCUT2D eigenvalue weighted by molar-refractivity contribution is -0.133. The first kappa shape index (κ1) is 29.4. The van der Waals surface area contributed by atoms with E-state index in [1.54, 1.807) is 24.3 Å². The first-order valence-electron chi connectivity index (χ1n) is 14.4. The lowest BCUT2D eigenvalue weighted by Gasteiger charge is -2.27. The minimum Gasteiger partial charge on any atom is -0.508 e. The van der Waals surface area contributed by atoms with Crippen molar-refractivity contribution in [1.82, 2.24) is 21.3 Å². The van der Waals surface area contributed by atoms with Crippen LogP contribution in [0, 0.1) is 11.8 Å². The molecule has 1 aliphatic carbocycles. The first-order chi connectivity index (χ1) is 19.3. The third kappa shape index (κ3) is 8.71. The van der Waals surface area contributed by atoms with E-state index >= 15 is 0 Å². The molecule has 9 heteroatoms. The number of amides is 3. The van der Waals surface area contributed by atoms with E-state index in [-0.39, 0.29) is 29.4 Å².